The number of rotatable bonds is 2. The van der Waals surface area contributed by atoms with E-state index in [1.807, 2.05) is 19.1 Å². The number of hydrogen-bond donors (Lipinski definition) is 0. The predicted molar refractivity (Wildman–Crippen MR) is 37.1 cm³/mol. The highest BCUT2D eigenvalue weighted by Gasteiger charge is 1.98. The maximum atomic E-state index is 5.37. The van der Waals surface area contributed by atoms with Gasteiger partial charge in [0.05, 0.1) is 0 Å². The molecule has 7 heavy (non-hydrogen) atoms. The van der Waals surface area contributed by atoms with Gasteiger partial charge >= 0.3 is 5.54 Å². The third kappa shape index (κ3) is 6.38. The van der Waals surface area contributed by atoms with Crippen molar-refractivity contribution >= 4 is 28.5 Å². The zero-order valence-corrected chi connectivity index (χ0v) is 5.71. The van der Waals surface area contributed by atoms with Gasteiger partial charge in [-0.3, -0.25) is 0 Å². The van der Waals surface area contributed by atoms with E-state index >= 15 is 0 Å². The predicted octanol–water partition coefficient (Wildman–Crippen LogP) is 2.53. The number of halogens is 2. The average molecular weight is 137 g/mol. The summed E-state index contributed by atoms with van der Waals surface area (Å²) in [5.41, 5.74) is -0.240. The maximum absolute atomic E-state index is 5.37. The quantitative estimate of drug-likeness (QED) is 0.405. The molecule has 0 nitrogen and oxygen atoms in total. The van der Waals surface area contributed by atoms with Gasteiger partial charge in [0, 0.05) is 0 Å². The first-order valence-corrected chi connectivity index (χ1v) is 3.04. The minimum Gasteiger partial charge on any atom is -0.171 e. The molecule has 0 saturated heterocycles. The Morgan fingerprint density at radius 2 is 2.14 bits per heavy atom. The average Bonchev–Trinajstić information content (AvgIpc) is 1.61. The van der Waals surface area contributed by atoms with Gasteiger partial charge in [0.25, 0.3) is 0 Å². The minimum atomic E-state index is -0.240. The molecule has 0 atom stereocenters. The van der Waals surface area contributed by atoms with Gasteiger partial charge in [-0.25, -0.2) is 0 Å². The van der Waals surface area contributed by atoms with Crippen LogP contribution in [-0.4, -0.2) is 5.54 Å². The molecule has 0 aliphatic rings. The van der Waals surface area contributed by atoms with E-state index in [2.05, 4.69) is 0 Å². The standard InChI is InChI=1S/C4H7BCl2/c1-2-3-4-5(6)7/h2-3H,4H2,1H3. The van der Waals surface area contributed by atoms with Crippen molar-refractivity contribution in [2.75, 3.05) is 0 Å². The van der Waals surface area contributed by atoms with Crippen molar-refractivity contribution in [3.63, 3.8) is 0 Å². The highest BCUT2D eigenvalue weighted by molar-refractivity contribution is 7.33. The van der Waals surface area contributed by atoms with E-state index < -0.39 is 0 Å². The molecule has 0 rings (SSSR count). The Morgan fingerprint density at radius 1 is 1.57 bits per heavy atom. The van der Waals surface area contributed by atoms with E-state index in [0.717, 1.165) is 6.32 Å². The van der Waals surface area contributed by atoms with Gasteiger partial charge in [-0.2, -0.15) is 22.9 Å². The van der Waals surface area contributed by atoms with Crippen molar-refractivity contribution in [2.24, 2.45) is 0 Å². The van der Waals surface area contributed by atoms with E-state index in [9.17, 15) is 0 Å². The second-order valence-corrected chi connectivity index (χ2v) is 2.47. The lowest BCUT2D eigenvalue weighted by Gasteiger charge is -1.82. The van der Waals surface area contributed by atoms with Crippen LogP contribution in [0.2, 0.25) is 6.32 Å². The van der Waals surface area contributed by atoms with Gasteiger partial charge in [0.2, 0.25) is 0 Å². The van der Waals surface area contributed by atoms with Crippen molar-refractivity contribution in [2.45, 2.75) is 13.2 Å². The van der Waals surface area contributed by atoms with E-state index in [-0.39, 0.29) is 5.54 Å². The summed E-state index contributed by atoms with van der Waals surface area (Å²) in [6, 6.07) is 0. The van der Waals surface area contributed by atoms with Gasteiger partial charge in [-0.05, 0) is 13.2 Å². The lowest BCUT2D eigenvalue weighted by atomic mass is 10.0. The summed E-state index contributed by atoms with van der Waals surface area (Å²) in [4.78, 5) is 0. The highest BCUT2D eigenvalue weighted by atomic mass is 35.5. The molecule has 3 heteroatoms. The summed E-state index contributed by atoms with van der Waals surface area (Å²) < 4.78 is 0. The summed E-state index contributed by atoms with van der Waals surface area (Å²) in [6.07, 6.45) is 4.61. The van der Waals surface area contributed by atoms with Gasteiger partial charge < -0.3 is 0 Å². The number of hydrogen-bond acceptors (Lipinski definition) is 0. The first-order valence-electron chi connectivity index (χ1n) is 2.16. The molecule has 0 amide bonds. The van der Waals surface area contributed by atoms with Crippen LogP contribution in [0, 0.1) is 0 Å². The molecule has 0 aliphatic heterocycles. The van der Waals surface area contributed by atoms with Crippen LogP contribution in [0.3, 0.4) is 0 Å². The van der Waals surface area contributed by atoms with Crippen LogP contribution in [0.5, 0.6) is 0 Å². The lowest BCUT2D eigenvalue weighted by Crippen LogP contribution is -1.85. The molecule has 0 spiro atoms. The third-order valence-corrected chi connectivity index (χ3v) is 0.906. The summed E-state index contributed by atoms with van der Waals surface area (Å²) in [5, 5.41) is 0. The molecule has 0 aromatic heterocycles. The van der Waals surface area contributed by atoms with E-state index in [1.54, 1.807) is 0 Å². The summed E-state index contributed by atoms with van der Waals surface area (Å²) >= 11 is 10.7. The van der Waals surface area contributed by atoms with Crippen molar-refractivity contribution in [3.05, 3.63) is 12.2 Å². The topological polar surface area (TPSA) is 0 Å². The fourth-order valence-corrected chi connectivity index (χ4v) is 0.445. The van der Waals surface area contributed by atoms with E-state index in [1.165, 1.54) is 0 Å². The van der Waals surface area contributed by atoms with Crippen LogP contribution in [-0.2, 0) is 0 Å². The fraction of sp³-hybridized carbons (Fsp3) is 0.500. The molecule has 0 unspecified atom stereocenters. The summed E-state index contributed by atoms with van der Waals surface area (Å²) in [7, 11) is 0. The Morgan fingerprint density at radius 3 is 2.29 bits per heavy atom. The molecule has 0 aromatic rings. The van der Waals surface area contributed by atoms with Crippen molar-refractivity contribution in [1.29, 1.82) is 0 Å². The second-order valence-electron chi connectivity index (χ2n) is 1.20. The molecule has 40 valence electrons. The van der Waals surface area contributed by atoms with Crippen LogP contribution in [0.1, 0.15) is 6.92 Å². The summed E-state index contributed by atoms with van der Waals surface area (Å²) in [6.45, 7) is 1.94. The Balaban J connectivity index is 2.97. The molecular weight excluding hydrogens is 130 g/mol. The van der Waals surface area contributed by atoms with Crippen molar-refractivity contribution in [1.82, 2.24) is 0 Å². The smallest absolute Gasteiger partial charge is 0.171 e. The van der Waals surface area contributed by atoms with E-state index in [4.69, 9.17) is 22.9 Å². The van der Waals surface area contributed by atoms with Gasteiger partial charge in [0.1, 0.15) is 0 Å². The zero-order chi connectivity index (χ0) is 5.70. The van der Waals surface area contributed by atoms with Crippen LogP contribution in [0.4, 0.5) is 0 Å². The highest BCUT2D eigenvalue weighted by Crippen LogP contribution is 2.02. The SMILES string of the molecule is CC=CCB(Cl)Cl. The van der Waals surface area contributed by atoms with Gasteiger partial charge in [0.15, 0.2) is 0 Å². The monoisotopic (exact) mass is 136 g/mol. The van der Waals surface area contributed by atoms with Crippen molar-refractivity contribution in [3.8, 4) is 0 Å². The third-order valence-electron chi connectivity index (χ3n) is 0.550. The largest absolute Gasteiger partial charge is 0.355 e. The van der Waals surface area contributed by atoms with Gasteiger partial charge in [-0.15, -0.1) is 0 Å². The molecule has 0 bridgehead atoms. The van der Waals surface area contributed by atoms with Crippen LogP contribution >= 0.6 is 22.9 Å². The Kier molecular flexibility index (Phi) is 4.79. The number of allylic oxidation sites excluding steroid dienone is 2. The van der Waals surface area contributed by atoms with Gasteiger partial charge in [-0.1, -0.05) is 12.2 Å². The first-order chi connectivity index (χ1) is 3.27. The Labute approximate surface area is 54.4 Å². The fourth-order valence-electron chi connectivity index (χ4n) is 0.239. The molecule has 0 radical (unpaired) electrons. The second kappa shape index (κ2) is 4.54. The molecular formula is C4H7BCl2. The Bertz CT molecular complexity index is 60.7. The van der Waals surface area contributed by atoms with Crippen LogP contribution in [0.25, 0.3) is 0 Å². The van der Waals surface area contributed by atoms with E-state index in [0.29, 0.717) is 0 Å². The molecule has 0 fully saturated rings. The normalized spacial score (nSPS) is 10.1. The maximum Gasteiger partial charge on any atom is 0.355 e. The molecule has 0 aromatic carbocycles. The zero-order valence-electron chi connectivity index (χ0n) is 4.20. The lowest BCUT2D eigenvalue weighted by molar-refractivity contribution is 1.62. The molecule has 0 saturated carbocycles. The first kappa shape index (κ1) is 7.38. The Hall–Kier alpha value is 0.385. The van der Waals surface area contributed by atoms with Crippen LogP contribution in [0.15, 0.2) is 12.2 Å². The van der Waals surface area contributed by atoms with Crippen LogP contribution < -0.4 is 0 Å². The molecule has 0 aliphatic carbocycles. The van der Waals surface area contributed by atoms with Crippen molar-refractivity contribution < 1.29 is 0 Å². The molecule has 0 heterocycles. The minimum absolute atomic E-state index is 0.240. The molecule has 0 N–H and O–H groups in total. The summed E-state index contributed by atoms with van der Waals surface area (Å²) in [5.74, 6) is 0.